The molecular weight excluding hydrogens is 146 g/mol. The number of hydrogen-bond donors (Lipinski definition) is 1. The lowest BCUT2D eigenvalue weighted by Gasteiger charge is -2.19. The summed E-state index contributed by atoms with van der Waals surface area (Å²) < 4.78 is 4.51. The van der Waals surface area contributed by atoms with Gasteiger partial charge in [-0.05, 0) is 20.8 Å². The van der Waals surface area contributed by atoms with Crippen molar-refractivity contribution in [3.63, 3.8) is 0 Å². The number of hydrogen-bond acceptors (Lipinski definition) is 4. The smallest absolute Gasteiger partial charge is 0.317 e. The van der Waals surface area contributed by atoms with Gasteiger partial charge in [-0.1, -0.05) is 5.16 Å². The van der Waals surface area contributed by atoms with Crippen molar-refractivity contribution in [1.29, 1.82) is 0 Å². The summed E-state index contributed by atoms with van der Waals surface area (Å²) in [5, 5.41) is 11.3. The van der Waals surface area contributed by atoms with Crippen LogP contribution in [0, 0.1) is 5.41 Å². The average Bonchev–Trinajstić information content (AvgIpc) is 2.01. The molecule has 0 aromatic heterocycles. The summed E-state index contributed by atoms with van der Waals surface area (Å²) in [7, 11) is 1.30. The number of esters is 1. The van der Waals surface area contributed by atoms with E-state index in [0.29, 0.717) is 5.71 Å². The van der Waals surface area contributed by atoms with Crippen LogP contribution in [0.3, 0.4) is 0 Å². The summed E-state index contributed by atoms with van der Waals surface area (Å²) in [6.45, 7) is 4.83. The second kappa shape index (κ2) is 3.37. The highest BCUT2D eigenvalue weighted by Crippen LogP contribution is 2.18. The highest BCUT2D eigenvalue weighted by Gasteiger charge is 2.32. The predicted molar refractivity (Wildman–Crippen MR) is 40.7 cm³/mol. The van der Waals surface area contributed by atoms with E-state index in [9.17, 15) is 4.79 Å². The van der Waals surface area contributed by atoms with E-state index in [1.165, 1.54) is 7.11 Å². The quantitative estimate of drug-likeness (QED) is 0.283. The molecule has 0 aromatic rings. The topological polar surface area (TPSA) is 58.9 Å². The maximum absolute atomic E-state index is 11.0. The van der Waals surface area contributed by atoms with Gasteiger partial charge < -0.3 is 9.94 Å². The molecule has 64 valence electrons. The summed E-state index contributed by atoms with van der Waals surface area (Å²) in [6, 6.07) is 0. The van der Waals surface area contributed by atoms with E-state index >= 15 is 0 Å². The fraction of sp³-hybridized carbons (Fsp3) is 0.714. The van der Waals surface area contributed by atoms with E-state index < -0.39 is 11.4 Å². The molecule has 0 aliphatic rings. The van der Waals surface area contributed by atoms with Gasteiger partial charge in [-0.15, -0.1) is 0 Å². The third-order valence-corrected chi connectivity index (χ3v) is 1.75. The number of ether oxygens (including phenoxy) is 1. The summed E-state index contributed by atoms with van der Waals surface area (Å²) >= 11 is 0. The van der Waals surface area contributed by atoms with E-state index in [1.807, 2.05) is 0 Å². The van der Waals surface area contributed by atoms with Crippen LogP contribution in [0.25, 0.3) is 0 Å². The van der Waals surface area contributed by atoms with Gasteiger partial charge in [0, 0.05) is 0 Å². The van der Waals surface area contributed by atoms with Crippen molar-refractivity contribution in [2.75, 3.05) is 7.11 Å². The van der Waals surface area contributed by atoms with Gasteiger partial charge in [0.1, 0.15) is 5.41 Å². The van der Waals surface area contributed by atoms with Gasteiger partial charge >= 0.3 is 5.97 Å². The first-order chi connectivity index (χ1) is 4.96. The Labute approximate surface area is 65.8 Å². The van der Waals surface area contributed by atoms with Crippen LogP contribution in [0.5, 0.6) is 0 Å². The molecule has 0 radical (unpaired) electrons. The lowest BCUT2D eigenvalue weighted by atomic mass is 9.88. The molecule has 4 heteroatoms. The first-order valence-electron chi connectivity index (χ1n) is 3.24. The fourth-order valence-corrected chi connectivity index (χ4v) is 0.528. The molecule has 0 aromatic carbocycles. The molecule has 4 nitrogen and oxygen atoms in total. The van der Waals surface area contributed by atoms with Gasteiger partial charge in [-0.2, -0.15) is 0 Å². The molecule has 0 fully saturated rings. The Bertz CT molecular complexity index is 184. The molecule has 1 N–H and O–H groups in total. The minimum absolute atomic E-state index is 0.337. The van der Waals surface area contributed by atoms with Crippen LogP contribution >= 0.6 is 0 Å². The Morgan fingerprint density at radius 3 is 2.27 bits per heavy atom. The third-order valence-electron chi connectivity index (χ3n) is 1.75. The van der Waals surface area contributed by atoms with E-state index in [0.717, 1.165) is 0 Å². The molecule has 0 aliphatic carbocycles. The van der Waals surface area contributed by atoms with Crippen LogP contribution in [-0.4, -0.2) is 24.0 Å². The SMILES string of the molecule is COC(=O)C(C)(C)/C(C)=N/O. The second-order valence-corrected chi connectivity index (χ2v) is 2.80. The minimum atomic E-state index is -0.844. The zero-order chi connectivity index (χ0) is 9.07. The minimum Gasteiger partial charge on any atom is -0.468 e. The molecule has 0 atom stereocenters. The second-order valence-electron chi connectivity index (χ2n) is 2.80. The van der Waals surface area contributed by atoms with Crippen molar-refractivity contribution in [3.8, 4) is 0 Å². The Hall–Kier alpha value is -1.06. The van der Waals surface area contributed by atoms with Crippen molar-refractivity contribution < 1.29 is 14.7 Å². The average molecular weight is 159 g/mol. The Kier molecular flexibility index (Phi) is 3.04. The Morgan fingerprint density at radius 1 is 1.55 bits per heavy atom. The van der Waals surface area contributed by atoms with Crippen LogP contribution in [0.15, 0.2) is 5.16 Å². The van der Waals surface area contributed by atoms with Crippen LogP contribution in [0.2, 0.25) is 0 Å². The number of rotatable bonds is 2. The normalized spacial score (nSPS) is 12.9. The van der Waals surface area contributed by atoms with Gasteiger partial charge in [0.25, 0.3) is 0 Å². The van der Waals surface area contributed by atoms with E-state index in [2.05, 4.69) is 9.89 Å². The maximum atomic E-state index is 11.0. The van der Waals surface area contributed by atoms with E-state index in [1.54, 1.807) is 20.8 Å². The first-order valence-corrected chi connectivity index (χ1v) is 3.24. The first kappa shape index (κ1) is 9.94. The largest absolute Gasteiger partial charge is 0.468 e. The molecular formula is C7H13NO3. The Morgan fingerprint density at radius 2 is 2.00 bits per heavy atom. The van der Waals surface area contributed by atoms with E-state index in [-0.39, 0.29) is 0 Å². The van der Waals surface area contributed by atoms with Gasteiger partial charge in [0.2, 0.25) is 0 Å². The molecule has 0 amide bonds. The zero-order valence-electron chi connectivity index (χ0n) is 7.21. The number of oxime groups is 1. The van der Waals surface area contributed by atoms with E-state index in [4.69, 9.17) is 5.21 Å². The molecule has 0 saturated heterocycles. The van der Waals surface area contributed by atoms with Crippen molar-refractivity contribution in [1.82, 2.24) is 0 Å². The van der Waals surface area contributed by atoms with Crippen molar-refractivity contribution in [2.45, 2.75) is 20.8 Å². The molecule has 0 saturated carbocycles. The van der Waals surface area contributed by atoms with Crippen molar-refractivity contribution >= 4 is 11.7 Å². The lowest BCUT2D eigenvalue weighted by Crippen LogP contribution is -2.32. The molecule has 0 heterocycles. The maximum Gasteiger partial charge on any atom is 0.317 e. The number of carbonyl (C=O) groups is 1. The zero-order valence-corrected chi connectivity index (χ0v) is 7.21. The van der Waals surface area contributed by atoms with Gasteiger partial charge in [-0.3, -0.25) is 4.79 Å². The molecule has 0 aliphatic heterocycles. The van der Waals surface area contributed by atoms with Gasteiger partial charge in [-0.25, -0.2) is 0 Å². The molecule has 0 rings (SSSR count). The monoisotopic (exact) mass is 159 g/mol. The standard InChI is InChI=1S/C7H13NO3/c1-5(8-10)7(2,3)6(9)11-4/h10H,1-4H3/b8-5+. The highest BCUT2D eigenvalue weighted by molar-refractivity contribution is 6.04. The van der Waals surface area contributed by atoms with Crippen molar-refractivity contribution in [2.24, 2.45) is 10.6 Å². The number of nitrogens with zero attached hydrogens (tertiary/aromatic N) is 1. The van der Waals surface area contributed by atoms with Gasteiger partial charge in [0.15, 0.2) is 0 Å². The van der Waals surface area contributed by atoms with Crippen LogP contribution in [-0.2, 0) is 9.53 Å². The predicted octanol–water partition coefficient (Wildman–Crippen LogP) is 1.04. The van der Waals surface area contributed by atoms with Crippen LogP contribution in [0.1, 0.15) is 20.8 Å². The summed E-state index contributed by atoms with van der Waals surface area (Å²) in [4.78, 5) is 11.0. The number of methoxy groups -OCH3 is 1. The molecule has 0 unspecified atom stereocenters. The summed E-state index contributed by atoms with van der Waals surface area (Å²) in [6.07, 6.45) is 0. The van der Waals surface area contributed by atoms with Crippen LogP contribution < -0.4 is 0 Å². The molecule has 11 heavy (non-hydrogen) atoms. The summed E-state index contributed by atoms with van der Waals surface area (Å²) in [5.41, 5.74) is -0.506. The molecule has 0 bridgehead atoms. The highest BCUT2D eigenvalue weighted by atomic mass is 16.5. The van der Waals surface area contributed by atoms with Gasteiger partial charge in [0.05, 0.1) is 12.8 Å². The van der Waals surface area contributed by atoms with Crippen molar-refractivity contribution in [3.05, 3.63) is 0 Å². The summed E-state index contributed by atoms with van der Waals surface area (Å²) in [5.74, 6) is -0.409. The third kappa shape index (κ3) is 1.93. The fourth-order valence-electron chi connectivity index (χ4n) is 0.528. The lowest BCUT2D eigenvalue weighted by molar-refractivity contribution is -0.147. The van der Waals surface area contributed by atoms with Crippen LogP contribution in [0.4, 0.5) is 0 Å². The molecule has 0 spiro atoms. The Balaban J connectivity index is 4.58. The number of carbonyl (C=O) groups excluding carboxylic acids is 1.